The highest BCUT2D eigenvalue weighted by Gasteiger charge is 2.27. The molecule has 1 aliphatic heterocycles. The SMILES string of the molecule is O=C(NC1Cc2ccccc2C1)[C@@H]1CCCN1. The van der Waals surface area contributed by atoms with Gasteiger partial charge in [0.1, 0.15) is 0 Å². The van der Waals surface area contributed by atoms with Crippen LogP contribution in [0.15, 0.2) is 24.3 Å². The van der Waals surface area contributed by atoms with Gasteiger partial charge in [0.05, 0.1) is 6.04 Å². The van der Waals surface area contributed by atoms with E-state index in [1.165, 1.54) is 11.1 Å². The van der Waals surface area contributed by atoms with Gasteiger partial charge in [-0.25, -0.2) is 0 Å². The van der Waals surface area contributed by atoms with E-state index in [0.717, 1.165) is 32.2 Å². The molecule has 1 amide bonds. The van der Waals surface area contributed by atoms with Crippen LogP contribution in [0.5, 0.6) is 0 Å². The summed E-state index contributed by atoms with van der Waals surface area (Å²) in [5, 5.41) is 6.41. The smallest absolute Gasteiger partial charge is 0.237 e. The summed E-state index contributed by atoms with van der Waals surface area (Å²) in [6.45, 7) is 0.975. The lowest BCUT2D eigenvalue weighted by Crippen LogP contribution is -2.45. The first-order valence-corrected chi connectivity index (χ1v) is 6.43. The molecule has 2 aliphatic rings. The predicted octanol–water partition coefficient (Wildman–Crippen LogP) is 1.02. The lowest BCUT2D eigenvalue weighted by molar-refractivity contribution is -0.123. The van der Waals surface area contributed by atoms with Crippen LogP contribution >= 0.6 is 0 Å². The number of benzene rings is 1. The van der Waals surface area contributed by atoms with Crippen LogP contribution in [0.2, 0.25) is 0 Å². The average molecular weight is 230 g/mol. The molecule has 0 radical (unpaired) electrons. The van der Waals surface area contributed by atoms with Crippen LogP contribution in [0, 0.1) is 0 Å². The number of carbonyl (C=O) groups is 1. The topological polar surface area (TPSA) is 41.1 Å². The van der Waals surface area contributed by atoms with Gasteiger partial charge in [-0.1, -0.05) is 24.3 Å². The van der Waals surface area contributed by atoms with Gasteiger partial charge in [0, 0.05) is 6.04 Å². The fourth-order valence-corrected chi connectivity index (χ4v) is 2.87. The summed E-state index contributed by atoms with van der Waals surface area (Å²) in [6.07, 6.45) is 4.05. The molecule has 3 heteroatoms. The summed E-state index contributed by atoms with van der Waals surface area (Å²) in [4.78, 5) is 12.0. The highest BCUT2D eigenvalue weighted by atomic mass is 16.2. The molecule has 3 rings (SSSR count). The van der Waals surface area contributed by atoms with Gasteiger partial charge in [-0.15, -0.1) is 0 Å². The van der Waals surface area contributed by atoms with E-state index in [1.807, 2.05) is 0 Å². The predicted molar refractivity (Wildman–Crippen MR) is 66.8 cm³/mol. The summed E-state index contributed by atoms with van der Waals surface area (Å²) in [5.41, 5.74) is 2.77. The van der Waals surface area contributed by atoms with E-state index in [4.69, 9.17) is 0 Å². The van der Waals surface area contributed by atoms with Crippen molar-refractivity contribution in [2.45, 2.75) is 37.8 Å². The number of hydrogen-bond acceptors (Lipinski definition) is 2. The minimum absolute atomic E-state index is 0.0405. The molecule has 1 aliphatic carbocycles. The number of carbonyl (C=O) groups excluding carboxylic acids is 1. The Morgan fingerprint density at radius 3 is 2.53 bits per heavy atom. The minimum atomic E-state index is 0.0405. The first-order chi connectivity index (χ1) is 8.33. The first kappa shape index (κ1) is 10.8. The Bertz CT molecular complexity index is 399. The van der Waals surface area contributed by atoms with Crippen molar-refractivity contribution < 1.29 is 4.79 Å². The van der Waals surface area contributed by atoms with Crippen LogP contribution < -0.4 is 10.6 Å². The van der Waals surface area contributed by atoms with Crippen molar-refractivity contribution >= 4 is 5.91 Å². The zero-order chi connectivity index (χ0) is 11.7. The minimum Gasteiger partial charge on any atom is -0.351 e. The lowest BCUT2D eigenvalue weighted by Gasteiger charge is -2.16. The first-order valence-electron chi connectivity index (χ1n) is 6.43. The quantitative estimate of drug-likeness (QED) is 0.796. The number of rotatable bonds is 2. The molecule has 1 saturated heterocycles. The molecule has 1 heterocycles. The molecule has 2 N–H and O–H groups in total. The van der Waals surface area contributed by atoms with Crippen molar-refractivity contribution in [3.05, 3.63) is 35.4 Å². The Labute approximate surface area is 102 Å². The lowest BCUT2D eigenvalue weighted by atomic mass is 10.1. The van der Waals surface area contributed by atoms with Crippen LogP contribution in [0.3, 0.4) is 0 Å². The van der Waals surface area contributed by atoms with Gasteiger partial charge in [0.25, 0.3) is 0 Å². The average Bonchev–Trinajstić information content (AvgIpc) is 2.97. The van der Waals surface area contributed by atoms with E-state index >= 15 is 0 Å². The maximum absolute atomic E-state index is 12.0. The van der Waals surface area contributed by atoms with E-state index in [0.29, 0.717) is 6.04 Å². The van der Waals surface area contributed by atoms with Crippen LogP contribution in [-0.4, -0.2) is 24.5 Å². The Kier molecular flexibility index (Phi) is 2.85. The molecule has 0 saturated carbocycles. The van der Waals surface area contributed by atoms with Crippen molar-refractivity contribution in [1.29, 1.82) is 0 Å². The highest BCUT2D eigenvalue weighted by Crippen LogP contribution is 2.21. The zero-order valence-electron chi connectivity index (χ0n) is 9.91. The van der Waals surface area contributed by atoms with Gasteiger partial charge in [-0.3, -0.25) is 4.79 Å². The Morgan fingerprint density at radius 1 is 1.24 bits per heavy atom. The molecule has 1 atom stereocenters. The molecular formula is C14H18N2O. The van der Waals surface area contributed by atoms with Crippen LogP contribution in [0.1, 0.15) is 24.0 Å². The molecule has 0 unspecified atom stereocenters. The molecule has 1 fully saturated rings. The largest absolute Gasteiger partial charge is 0.351 e. The second kappa shape index (κ2) is 4.49. The molecular weight excluding hydrogens is 212 g/mol. The maximum Gasteiger partial charge on any atom is 0.237 e. The van der Waals surface area contributed by atoms with Crippen LogP contribution in [-0.2, 0) is 17.6 Å². The Hall–Kier alpha value is -1.35. The van der Waals surface area contributed by atoms with Gasteiger partial charge in [-0.05, 0) is 43.4 Å². The molecule has 17 heavy (non-hydrogen) atoms. The van der Waals surface area contributed by atoms with E-state index < -0.39 is 0 Å². The Morgan fingerprint density at radius 2 is 1.94 bits per heavy atom. The van der Waals surface area contributed by atoms with E-state index in [9.17, 15) is 4.79 Å². The summed E-state index contributed by atoms with van der Waals surface area (Å²) in [5.74, 6) is 0.181. The molecule has 0 spiro atoms. The maximum atomic E-state index is 12.0. The second-order valence-corrected chi connectivity index (χ2v) is 5.03. The molecule has 0 bridgehead atoms. The zero-order valence-corrected chi connectivity index (χ0v) is 9.91. The summed E-state index contributed by atoms with van der Waals surface area (Å²) in [6, 6.07) is 8.80. The molecule has 1 aromatic rings. The van der Waals surface area contributed by atoms with Crippen molar-refractivity contribution in [3.8, 4) is 0 Å². The van der Waals surface area contributed by atoms with Crippen LogP contribution in [0.4, 0.5) is 0 Å². The van der Waals surface area contributed by atoms with Crippen LogP contribution in [0.25, 0.3) is 0 Å². The molecule has 0 aromatic heterocycles. The number of fused-ring (bicyclic) bond motifs is 1. The van der Waals surface area contributed by atoms with E-state index in [2.05, 4.69) is 34.9 Å². The normalized spacial score (nSPS) is 23.6. The van der Waals surface area contributed by atoms with Crippen molar-refractivity contribution in [2.24, 2.45) is 0 Å². The summed E-state index contributed by atoms with van der Waals surface area (Å²) < 4.78 is 0. The molecule has 3 nitrogen and oxygen atoms in total. The third-order valence-corrected chi connectivity index (χ3v) is 3.77. The molecule has 90 valence electrons. The fraction of sp³-hybridized carbons (Fsp3) is 0.500. The number of hydrogen-bond donors (Lipinski definition) is 2. The third-order valence-electron chi connectivity index (χ3n) is 3.77. The van der Waals surface area contributed by atoms with Gasteiger partial charge in [0.15, 0.2) is 0 Å². The van der Waals surface area contributed by atoms with Crippen molar-refractivity contribution in [3.63, 3.8) is 0 Å². The van der Waals surface area contributed by atoms with Crippen molar-refractivity contribution in [2.75, 3.05) is 6.54 Å². The third kappa shape index (κ3) is 2.20. The van der Waals surface area contributed by atoms with E-state index in [1.54, 1.807) is 0 Å². The fourth-order valence-electron chi connectivity index (χ4n) is 2.87. The monoisotopic (exact) mass is 230 g/mol. The Balaban J connectivity index is 1.60. The summed E-state index contributed by atoms with van der Waals surface area (Å²) >= 11 is 0. The molecule has 1 aromatic carbocycles. The van der Waals surface area contributed by atoms with Crippen molar-refractivity contribution in [1.82, 2.24) is 10.6 Å². The number of amides is 1. The van der Waals surface area contributed by atoms with Gasteiger partial charge in [0.2, 0.25) is 5.91 Å². The number of nitrogens with one attached hydrogen (secondary N) is 2. The highest BCUT2D eigenvalue weighted by molar-refractivity contribution is 5.82. The van der Waals surface area contributed by atoms with Gasteiger partial charge < -0.3 is 10.6 Å². The summed E-state index contributed by atoms with van der Waals surface area (Å²) in [7, 11) is 0. The van der Waals surface area contributed by atoms with E-state index in [-0.39, 0.29) is 11.9 Å². The van der Waals surface area contributed by atoms with Gasteiger partial charge >= 0.3 is 0 Å². The standard InChI is InChI=1S/C14H18N2O/c17-14(13-6-3-7-15-13)16-12-8-10-4-1-2-5-11(10)9-12/h1-2,4-5,12-13,15H,3,6-9H2,(H,16,17)/t13-/m0/s1. The second-order valence-electron chi connectivity index (χ2n) is 5.03. The van der Waals surface area contributed by atoms with Gasteiger partial charge in [-0.2, -0.15) is 0 Å².